The monoisotopic (exact) mass is 480 g/mol. The molecule has 0 bridgehead atoms. The summed E-state index contributed by atoms with van der Waals surface area (Å²) in [6.07, 6.45) is -2.68. The molecule has 3 amide bonds. The smallest absolute Gasteiger partial charge is 0.370 e. The number of nitrogens with one attached hydrogen (secondary N) is 1. The van der Waals surface area contributed by atoms with Gasteiger partial charge in [0.15, 0.2) is 0 Å². The number of carbonyl (C=O) groups is 2. The maximum Gasteiger partial charge on any atom is 0.451 e. The van der Waals surface area contributed by atoms with Crippen molar-refractivity contribution < 1.29 is 31.9 Å². The fourth-order valence-corrected chi connectivity index (χ4v) is 3.64. The minimum absolute atomic E-state index is 0.0422. The Morgan fingerprint density at radius 3 is 2.50 bits per heavy atom. The van der Waals surface area contributed by atoms with E-state index < -0.39 is 35.9 Å². The predicted octanol–water partition coefficient (Wildman–Crippen LogP) is 2.35. The van der Waals surface area contributed by atoms with Gasteiger partial charge in [0.2, 0.25) is 11.7 Å². The van der Waals surface area contributed by atoms with Gasteiger partial charge in [-0.25, -0.2) is 24.2 Å². The van der Waals surface area contributed by atoms with E-state index in [0.717, 1.165) is 17.4 Å². The van der Waals surface area contributed by atoms with Gasteiger partial charge in [-0.1, -0.05) is 12.1 Å². The van der Waals surface area contributed by atoms with Crippen molar-refractivity contribution in [1.29, 1.82) is 0 Å². The van der Waals surface area contributed by atoms with Gasteiger partial charge in [-0.05, 0) is 19.1 Å². The molecule has 0 spiro atoms. The highest BCUT2D eigenvalue weighted by Gasteiger charge is 2.39. The highest BCUT2D eigenvalue weighted by atomic mass is 19.4. The third-order valence-electron chi connectivity index (χ3n) is 5.43. The summed E-state index contributed by atoms with van der Waals surface area (Å²) in [4.78, 5) is 33.5. The first-order chi connectivity index (χ1) is 16.1. The molecule has 2 aliphatic heterocycles. The van der Waals surface area contributed by atoms with Crippen LogP contribution in [0.2, 0.25) is 0 Å². The molecule has 2 aliphatic rings. The number of hydrogen-bond donors (Lipinski definition) is 1. The largest absolute Gasteiger partial charge is 0.451 e. The quantitative estimate of drug-likeness (QED) is 0.678. The van der Waals surface area contributed by atoms with Crippen molar-refractivity contribution in [2.24, 2.45) is 5.10 Å². The van der Waals surface area contributed by atoms with Crippen molar-refractivity contribution in [3.63, 3.8) is 0 Å². The summed E-state index contributed by atoms with van der Waals surface area (Å²) < 4.78 is 56.6. The summed E-state index contributed by atoms with van der Waals surface area (Å²) in [6, 6.07) is 3.61. The van der Waals surface area contributed by atoms with Crippen LogP contribution in [-0.2, 0) is 15.7 Å². The number of rotatable bonds is 4. The van der Waals surface area contributed by atoms with Crippen LogP contribution in [0.1, 0.15) is 29.9 Å². The molecule has 1 fully saturated rings. The molecule has 2 aromatic rings. The second-order valence-electron chi connectivity index (χ2n) is 7.74. The lowest BCUT2D eigenvalue weighted by Gasteiger charge is -2.32. The van der Waals surface area contributed by atoms with Crippen molar-refractivity contribution in [3.8, 4) is 0 Å². The fourth-order valence-electron chi connectivity index (χ4n) is 3.64. The Morgan fingerprint density at radius 1 is 1.21 bits per heavy atom. The molecular formula is C21H20F4N6O3. The highest BCUT2D eigenvalue weighted by molar-refractivity contribution is 6.08. The summed E-state index contributed by atoms with van der Waals surface area (Å²) in [7, 11) is 0. The summed E-state index contributed by atoms with van der Waals surface area (Å²) in [5.41, 5.74) is 1.23. The van der Waals surface area contributed by atoms with Crippen molar-refractivity contribution in [2.45, 2.75) is 25.2 Å². The van der Waals surface area contributed by atoms with Gasteiger partial charge >= 0.3 is 12.2 Å². The fraction of sp³-hybridized carbons (Fsp3) is 0.381. The molecule has 1 saturated heterocycles. The van der Waals surface area contributed by atoms with Gasteiger partial charge in [0.05, 0.1) is 30.9 Å². The van der Waals surface area contributed by atoms with Crippen molar-refractivity contribution in [1.82, 2.24) is 25.2 Å². The zero-order valence-corrected chi connectivity index (χ0v) is 17.9. The van der Waals surface area contributed by atoms with Crippen LogP contribution in [0, 0.1) is 5.82 Å². The maximum absolute atomic E-state index is 13.4. The number of ether oxygens (including phenoxy) is 1. The van der Waals surface area contributed by atoms with Crippen LogP contribution in [0.4, 0.5) is 22.4 Å². The van der Waals surface area contributed by atoms with Crippen molar-refractivity contribution >= 4 is 17.6 Å². The molecule has 9 nitrogen and oxygen atoms in total. The summed E-state index contributed by atoms with van der Waals surface area (Å²) in [6.45, 7) is 2.15. The SMILES string of the molecule is C[C@@H](NC(=O)N1C[C@@H](N2CCOCC2=O)C(c2ccc(F)cc2)=N1)c1cnc(C(F)(F)F)nc1. The van der Waals surface area contributed by atoms with Crippen molar-refractivity contribution in [2.75, 3.05) is 26.3 Å². The van der Waals surface area contributed by atoms with E-state index >= 15 is 0 Å². The summed E-state index contributed by atoms with van der Waals surface area (Å²) >= 11 is 0. The van der Waals surface area contributed by atoms with E-state index in [4.69, 9.17) is 4.74 Å². The topological polar surface area (TPSA) is 100 Å². The minimum Gasteiger partial charge on any atom is -0.370 e. The van der Waals surface area contributed by atoms with Gasteiger partial charge in [-0.2, -0.15) is 18.3 Å². The van der Waals surface area contributed by atoms with E-state index in [2.05, 4.69) is 20.4 Å². The van der Waals surface area contributed by atoms with Gasteiger partial charge in [0, 0.05) is 30.1 Å². The number of aromatic nitrogens is 2. The first-order valence-electron chi connectivity index (χ1n) is 10.3. The molecule has 2 atom stereocenters. The number of hydrogen-bond acceptors (Lipinski definition) is 6. The Bertz CT molecular complexity index is 1090. The van der Waals surface area contributed by atoms with Crippen LogP contribution < -0.4 is 5.32 Å². The van der Waals surface area contributed by atoms with Crippen LogP contribution in [-0.4, -0.2) is 69.9 Å². The molecule has 1 N–H and O–H groups in total. The number of hydrazone groups is 1. The average molecular weight is 480 g/mol. The van der Waals surface area contributed by atoms with Gasteiger partial charge in [-0.15, -0.1) is 0 Å². The molecule has 1 aromatic carbocycles. The number of carbonyl (C=O) groups excluding carboxylic acids is 2. The number of nitrogens with zero attached hydrogens (tertiary/aromatic N) is 5. The first kappa shape index (κ1) is 23.5. The number of urea groups is 1. The van der Waals surface area contributed by atoms with Gasteiger partial charge in [-0.3, -0.25) is 4.79 Å². The van der Waals surface area contributed by atoms with Crippen LogP contribution in [0.15, 0.2) is 41.8 Å². The van der Waals surface area contributed by atoms with E-state index in [1.165, 1.54) is 24.3 Å². The van der Waals surface area contributed by atoms with Crippen molar-refractivity contribution in [3.05, 3.63) is 59.4 Å². The van der Waals surface area contributed by atoms with Crippen LogP contribution in [0.25, 0.3) is 0 Å². The normalized spacial score (nSPS) is 19.7. The van der Waals surface area contributed by atoms with Crippen LogP contribution in [0.5, 0.6) is 0 Å². The molecule has 0 radical (unpaired) electrons. The van der Waals surface area contributed by atoms with Gasteiger partial charge in [0.25, 0.3) is 0 Å². The second kappa shape index (κ2) is 9.33. The lowest BCUT2D eigenvalue weighted by Crippen LogP contribution is -2.52. The maximum atomic E-state index is 13.4. The Morgan fingerprint density at radius 2 is 1.88 bits per heavy atom. The Kier molecular flexibility index (Phi) is 6.46. The Balaban J connectivity index is 1.52. The van der Waals surface area contributed by atoms with Gasteiger partial charge in [0.1, 0.15) is 12.4 Å². The number of alkyl halides is 3. The highest BCUT2D eigenvalue weighted by Crippen LogP contribution is 2.26. The van der Waals surface area contributed by atoms with Crippen LogP contribution in [0.3, 0.4) is 0 Å². The second-order valence-corrected chi connectivity index (χ2v) is 7.74. The zero-order chi connectivity index (χ0) is 24.5. The third kappa shape index (κ3) is 4.98. The Labute approximate surface area is 191 Å². The summed E-state index contributed by atoms with van der Waals surface area (Å²) in [5, 5.41) is 8.15. The van der Waals surface area contributed by atoms with E-state index in [-0.39, 0.29) is 24.6 Å². The van der Waals surface area contributed by atoms with E-state index in [1.807, 2.05) is 0 Å². The third-order valence-corrected chi connectivity index (χ3v) is 5.43. The standard InChI is InChI=1S/C21H20F4N6O3/c1-12(14-8-26-19(27-9-14)21(23,24)25)28-20(33)31-10-16(30-6-7-34-11-17(30)32)18(29-31)13-2-4-15(22)5-3-13/h2-5,8-9,12,16H,6-7,10-11H2,1H3,(H,28,33)/t12-,16-/m1/s1. The zero-order valence-electron chi connectivity index (χ0n) is 17.9. The molecule has 13 heteroatoms. The number of halogens is 4. The number of benzene rings is 1. The molecule has 180 valence electrons. The molecule has 34 heavy (non-hydrogen) atoms. The number of morpholine rings is 1. The average Bonchev–Trinajstić information content (AvgIpc) is 3.25. The Hall–Kier alpha value is -3.61. The molecule has 0 saturated carbocycles. The molecule has 0 aliphatic carbocycles. The molecule has 1 aromatic heterocycles. The molecular weight excluding hydrogens is 460 g/mol. The van der Waals surface area contributed by atoms with Gasteiger partial charge < -0.3 is 15.0 Å². The van der Waals surface area contributed by atoms with E-state index in [9.17, 15) is 27.2 Å². The molecule has 0 unspecified atom stereocenters. The molecule has 3 heterocycles. The van der Waals surface area contributed by atoms with E-state index in [0.29, 0.717) is 24.4 Å². The molecule has 4 rings (SSSR count). The number of amides is 3. The van der Waals surface area contributed by atoms with Crippen LogP contribution >= 0.6 is 0 Å². The first-order valence-corrected chi connectivity index (χ1v) is 10.3. The van der Waals surface area contributed by atoms with E-state index in [1.54, 1.807) is 11.8 Å². The minimum atomic E-state index is -4.67. The lowest BCUT2D eigenvalue weighted by atomic mass is 10.0. The predicted molar refractivity (Wildman–Crippen MR) is 110 cm³/mol. The summed E-state index contributed by atoms with van der Waals surface area (Å²) in [5.74, 6) is -1.98. The lowest BCUT2D eigenvalue weighted by molar-refractivity contribution is -0.145.